The van der Waals surface area contributed by atoms with Gasteiger partial charge in [-0.15, -0.1) is 11.3 Å². The molecule has 3 aromatic rings. The first-order valence-corrected chi connectivity index (χ1v) is 10.7. The van der Waals surface area contributed by atoms with Crippen molar-refractivity contribution >= 4 is 21.4 Å². The highest BCUT2D eigenvalue weighted by Crippen LogP contribution is 2.27. The fourth-order valence-electron chi connectivity index (χ4n) is 2.56. The zero-order valence-corrected chi connectivity index (χ0v) is 16.4. The van der Waals surface area contributed by atoms with Gasteiger partial charge in [-0.1, -0.05) is 19.1 Å². The summed E-state index contributed by atoms with van der Waals surface area (Å²) in [5.41, 5.74) is 3.02. The maximum atomic E-state index is 12.4. The number of hydrogen-bond acceptors (Lipinski definition) is 5. The van der Waals surface area contributed by atoms with E-state index in [0.29, 0.717) is 17.9 Å². The first kappa shape index (κ1) is 18.7. The van der Waals surface area contributed by atoms with Crippen LogP contribution >= 0.6 is 11.3 Å². The van der Waals surface area contributed by atoms with Crippen molar-refractivity contribution in [3.05, 3.63) is 64.9 Å². The Balaban J connectivity index is 1.65. The Morgan fingerprint density at radius 1 is 1.15 bits per heavy atom. The predicted octanol–water partition coefficient (Wildman–Crippen LogP) is 3.60. The third-order valence-corrected chi connectivity index (χ3v) is 6.83. The standard InChI is InChI=1S/C19H21N3O2S2/c1-3-15-6-8-17(9-7-15)26(23,24)21-12-10-18-14(2)22-19(25-18)16-5-4-11-20-13-16/h4-9,11,13,21H,3,10,12H2,1-2H3. The van der Waals surface area contributed by atoms with Gasteiger partial charge in [0.15, 0.2) is 0 Å². The number of rotatable bonds is 7. The molecule has 0 unspecified atom stereocenters. The summed E-state index contributed by atoms with van der Waals surface area (Å²) in [4.78, 5) is 10.1. The highest BCUT2D eigenvalue weighted by Gasteiger charge is 2.15. The Hall–Kier alpha value is -2.09. The molecular formula is C19H21N3O2S2. The lowest BCUT2D eigenvalue weighted by atomic mass is 10.2. The molecule has 0 radical (unpaired) electrons. The Morgan fingerprint density at radius 2 is 1.92 bits per heavy atom. The molecule has 0 saturated carbocycles. The first-order chi connectivity index (χ1) is 12.5. The summed E-state index contributed by atoms with van der Waals surface area (Å²) >= 11 is 1.58. The van der Waals surface area contributed by atoms with Crippen molar-refractivity contribution in [2.45, 2.75) is 31.6 Å². The smallest absolute Gasteiger partial charge is 0.240 e. The van der Waals surface area contributed by atoms with Crippen LogP contribution in [-0.2, 0) is 22.9 Å². The number of aromatic nitrogens is 2. The van der Waals surface area contributed by atoms with Crippen LogP contribution in [0.3, 0.4) is 0 Å². The summed E-state index contributed by atoms with van der Waals surface area (Å²) in [5, 5.41) is 0.906. The van der Waals surface area contributed by atoms with Crippen LogP contribution in [0.2, 0.25) is 0 Å². The molecule has 7 heteroatoms. The number of nitrogens with zero attached hydrogens (tertiary/aromatic N) is 2. The molecule has 2 heterocycles. The second kappa shape index (κ2) is 8.07. The summed E-state index contributed by atoms with van der Waals surface area (Å²) in [6, 6.07) is 10.9. The normalized spacial score (nSPS) is 11.6. The van der Waals surface area contributed by atoms with Crippen LogP contribution < -0.4 is 4.72 Å². The minimum atomic E-state index is -3.49. The molecule has 0 aliphatic rings. The van der Waals surface area contributed by atoms with E-state index in [1.807, 2.05) is 38.1 Å². The fourth-order valence-corrected chi connectivity index (χ4v) is 4.64. The van der Waals surface area contributed by atoms with Gasteiger partial charge in [-0.25, -0.2) is 18.1 Å². The molecule has 0 fully saturated rings. The second-order valence-electron chi connectivity index (χ2n) is 5.91. The highest BCUT2D eigenvalue weighted by molar-refractivity contribution is 7.89. The van der Waals surface area contributed by atoms with Crippen LogP contribution in [0, 0.1) is 6.92 Å². The number of nitrogens with one attached hydrogen (secondary N) is 1. The van der Waals surface area contributed by atoms with Gasteiger partial charge in [0.05, 0.1) is 10.6 Å². The molecule has 0 aliphatic heterocycles. The Kier molecular flexibility index (Phi) is 5.80. The molecule has 0 spiro atoms. The number of thiazole rings is 1. The molecule has 2 aromatic heterocycles. The second-order valence-corrected chi connectivity index (χ2v) is 8.77. The average Bonchev–Trinajstić information content (AvgIpc) is 3.03. The van der Waals surface area contributed by atoms with Crippen molar-refractivity contribution in [3.8, 4) is 10.6 Å². The van der Waals surface area contributed by atoms with Crippen molar-refractivity contribution < 1.29 is 8.42 Å². The quantitative estimate of drug-likeness (QED) is 0.672. The van der Waals surface area contributed by atoms with Crippen LogP contribution in [0.1, 0.15) is 23.1 Å². The molecule has 5 nitrogen and oxygen atoms in total. The lowest BCUT2D eigenvalue weighted by Gasteiger charge is -2.07. The van der Waals surface area contributed by atoms with Gasteiger partial charge in [-0.2, -0.15) is 0 Å². The van der Waals surface area contributed by atoms with Crippen LogP contribution in [0.4, 0.5) is 0 Å². The fraction of sp³-hybridized carbons (Fsp3) is 0.263. The van der Waals surface area contributed by atoms with Crippen molar-refractivity contribution in [3.63, 3.8) is 0 Å². The number of hydrogen-bond donors (Lipinski definition) is 1. The molecule has 0 amide bonds. The predicted molar refractivity (Wildman–Crippen MR) is 105 cm³/mol. The Labute approximate surface area is 158 Å². The molecular weight excluding hydrogens is 366 g/mol. The molecule has 0 aliphatic carbocycles. The number of aryl methyl sites for hydroxylation is 2. The number of pyridine rings is 1. The van der Waals surface area contributed by atoms with E-state index in [1.54, 1.807) is 35.9 Å². The van der Waals surface area contributed by atoms with Gasteiger partial charge in [0, 0.05) is 29.4 Å². The average molecular weight is 388 g/mol. The van der Waals surface area contributed by atoms with E-state index in [9.17, 15) is 8.42 Å². The van der Waals surface area contributed by atoms with Crippen LogP contribution in [0.15, 0.2) is 53.7 Å². The molecule has 136 valence electrons. The number of sulfonamides is 1. The van der Waals surface area contributed by atoms with Gasteiger partial charge in [0.2, 0.25) is 10.0 Å². The first-order valence-electron chi connectivity index (χ1n) is 8.45. The molecule has 3 rings (SSSR count). The largest absolute Gasteiger partial charge is 0.264 e. The zero-order chi connectivity index (χ0) is 18.6. The van der Waals surface area contributed by atoms with Crippen molar-refractivity contribution in [2.24, 2.45) is 0 Å². The van der Waals surface area contributed by atoms with E-state index >= 15 is 0 Å². The van der Waals surface area contributed by atoms with Crippen molar-refractivity contribution in [2.75, 3.05) is 6.54 Å². The Bertz CT molecular complexity index is 966. The number of benzene rings is 1. The maximum absolute atomic E-state index is 12.4. The summed E-state index contributed by atoms with van der Waals surface area (Å²) in [6.45, 7) is 4.33. The van der Waals surface area contributed by atoms with Gasteiger partial charge < -0.3 is 0 Å². The maximum Gasteiger partial charge on any atom is 0.240 e. The van der Waals surface area contributed by atoms with Gasteiger partial charge in [0.25, 0.3) is 0 Å². The van der Waals surface area contributed by atoms with Crippen molar-refractivity contribution in [1.82, 2.24) is 14.7 Å². The highest BCUT2D eigenvalue weighted by atomic mass is 32.2. The third kappa shape index (κ3) is 4.35. The summed E-state index contributed by atoms with van der Waals surface area (Å²) < 4.78 is 27.5. The van der Waals surface area contributed by atoms with E-state index in [4.69, 9.17) is 0 Å². The van der Waals surface area contributed by atoms with E-state index in [1.165, 1.54) is 0 Å². The van der Waals surface area contributed by atoms with E-state index in [-0.39, 0.29) is 0 Å². The lowest BCUT2D eigenvalue weighted by molar-refractivity contribution is 0.581. The van der Waals surface area contributed by atoms with Gasteiger partial charge in [0.1, 0.15) is 5.01 Å². The van der Waals surface area contributed by atoms with Crippen molar-refractivity contribution in [1.29, 1.82) is 0 Å². The SMILES string of the molecule is CCc1ccc(S(=O)(=O)NCCc2sc(-c3cccnc3)nc2C)cc1. The zero-order valence-electron chi connectivity index (χ0n) is 14.8. The molecule has 1 aromatic carbocycles. The molecule has 0 saturated heterocycles. The van der Waals surface area contributed by atoms with Gasteiger partial charge >= 0.3 is 0 Å². The molecule has 1 N–H and O–H groups in total. The lowest BCUT2D eigenvalue weighted by Crippen LogP contribution is -2.25. The van der Waals surface area contributed by atoms with Crippen LogP contribution in [-0.4, -0.2) is 24.9 Å². The monoisotopic (exact) mass is 387 g/mol. The molecule has 26 heavy (non-hydrogen) atoms. The summed E-state index contributed by atoms with van der Waals surface area (Å²) in [7, 11) is -3.49. The molecule has 0 bridgehead atoms. The van der Waals surface area contributed by atoms with E-state index in [0.717, 1.165) is 33.1 Å². The Morgan fingerprint density at radius 3 is 2.58 bits per heavy atom. The third-order valence-electron chi connectivity index (χ3n) is 4.09. The van der Waals surface area contributed by atoms with Gasteiger partial charge in [-0.05, 0) is 49.6 Å². The summed E-state index contributed by atoms with van der Waals surface area (Å²) in [5.74, 6) is 0. The van der Waals surface area contributed by atoms with Crippen LogP contribution in [0.5, 0.6) is 0 Å². The minimum Gasteiger partial charge on any atom is -0.264 e. The van der Waals surface area contributed by atoms with E-state index < -0.39 is 10.0 Å². The van der Waals surface area contributed by atoms with E-state index in [2.05, 4.69) is 14.7 Å². The summed E-state index contributed by atoms with van der Waals surface area (Å²) in [6.07, 6.45) is 5.01. The van der Waals surface area contributed by atoms with Crippen LogP contribution in [0.25, 0.3) is 10.6 Å². The molecule has 0 atom stereocenters. The topological polar surface area (TPSA) is 72.0 Å². The minimum absolute atomic E-state index is 0.298. The van der Waals surface area contributed by atoms with Gasteiger partial charge in [-0.3, -0.25) is 4.98 Å².